The summed E-state index contributed by atoms with van der Waals surface area (Å²) in [5.74, 6) is 1.20. The lowest BCUT2D eigenvalue weighted by Crippen LogP contribution is -2.27. The molecule has 0 fully saturated rings. The Bertz CT molecular complexity index is 830. The predicted molar refractivity (Wildman–Crippen MR) is 116 cm³/mol. The van der Waals surface area contributed by atoms with E-state index in [-0.39, 0.29) is 5.41 Å². The highest BCUT2D eigenvalue weighted by Crippen LogP contribution is 2.42. The first-order valence-corrected chi connectivity index (χ1v) is 10.2. The van der Waals surface area contributed by atoms with Crippen molar-refractivity contribution in [2.24, 2.45) is 0 Å². The number of benzene rings is 3. The average molecular weight is 375 g/mol. The van der Waals surface area contributed by atoms with Gasteiger partial charge in [0.15, 0.2) is 0 Å². The van der Waals surface area contributed by atoms with Crippen molar-refractivity contribution >= 4 is 0 Å². The molecule has 0 spiro atoms. The van der Waals surface area contributed by atoms with Gasteiger partial charge in [-0.15, -0.1) is 0 Å². The number of phenols is 1. The molecule has 2 heteroatoms. The Morgan fingerprint density at radius 1 is 0.714 bits per heavy atom. The first kappa shape index (κ1) is 20.0. The molecule has 3 rings (SSSR count). The lowest BCUT2D eigenvalue weighted by Gasteiger charge is -2.35. The zero-order valence-electron chi connectivity index (χ0n) is 16.9. The fourth-order valence-electron chi connectivity index (χ4n) is 4.11. The molecule has 1 N–H and O–H groups in total. The minimum atomic E-state index is -0.0326. The van der Waals surface area contributed by atoms with Crippen molar-refractivity contribution in [3.63, 3.8) is 0 Å². The maximum atomic E-state index is 9.73. The van der Waals surface area contributed by atoms with Gasteiger partial charge in [-0.05, 0) is 53.8 Å². The quantitative estimate of drug-likeness (QED) is 0.443. The van der Waals surface area contributed by atoms with Crippen LogP contribution in [0.1, 0.15) is 56.2 Å². The second-order valence-corrected chi connectivity index (χ2v) is 7.43. The summed E-state index contributed by atoms with van der Waals surface area (Å²) in [4.78, 5) is 0. The molecule has 3 aromatic rings. The molecule has 0 unspecified atom stereocenters. The maximum absolute atomic E-state index is 9.73. The Morgan fingerprint density at radius 3 is 1.79 bits per heavy atom. The van der Waals surface area contributed by atoms with E-state index in [1.54, 1.807) is 12.1 Å². The Labute approximate surface area is 168 Å². The third kappa shape index (κ3) is 4.56. The van der Waals surface area contributed by atoms with Crippen LogP contribution in [0.2, 0.25) is 0 Å². The molecule has 0 aliphatic carbocycles. The van der Waals surface area contributed by atoms with Crippen LogP contribution in [0, 0.1) is 0 Å². The van der Waals surface area contributed by atoms with Crippen LogP contribution in [-0.4, -0.2) is 5.11 Å². The van der Waals surface area contributed by atoms with Crippen molar-refractivity contribution in [2.45, 2.75) is 51.6 Å². The Hall–Kier alpha value is -2.74. The zero-order chi connectivity index (χ0) is 19.8. The van der Waals surface area contributed by atoms with Gasteiger partial charge < -0.3 is 9.84 Å². The third-order valence-corrected chi connectivity index (χ3v) is 5.43. The van der Waals surface area contributed by atoms with Gasteiger partial charge in [-0.2, -0.15) is 0 Å². The maximum Gasteiger partial charge on any atom is 0.119 e. The Kier molecular flexibility index (Phi) is 6.76. The smallest absolute Gasteiger partial charge is 0.119 e. The van der Waals surface area contributed by atoms with Crippen LogP contribution >= 0.6 is 0 Å². The summed E-state index contributed by atoms with van der Waals surface area (Å²) >= 11 is 0. The van der Waals surface area contributed by atoms with Crippen molar-refractivity contribution in [2.75, 3.05) is 0 Å². The number of hydrogen-bond acceptors (Lipinski definition) is 2. The molecule has 0 aliphatic rings. The summed E-state index contributed by atoms with van der Waals surface area (Å²) in [6.45, 7) is 5.05. The molecule has 0 saturated heterocycles. The highest BCUT2D eigenvalue weighted by Gasteiger charge is 2.32. The number of rotatable bonds is 9. The van der Waals surface area contributed by atoms with Crippen LogP contribution in [-0.2, 0) is 12.0 Å². The molecular formula is C26H30O2. The molecule has 0 aliphatic heterocycles. The Balaban J connectivity index is 1.86. The van der Waals surface area contributed by atoms with Crippen molar-refractivity contribution in [3.05, 3.63) is 95.6 Å². The van der Waals surface area contributed by atoms with Gasteiger partial charge in [-0.25, -0.2) is 0 Å². The van der Waals surface area contributed by atoms with Gasteiger partial charge in [0.25, 0.3) is 0 Å². The number of hydrogen-bond donors (Lipinski definition) is 1. The average Bonchev–Trinajstić information content (AvgIpc) is 2.74. The van der Waals surface area contributed by atoms with Gasteiger partial charge in [0, 0.05) is 5.41 Å². The first-order valence-electron chi connectivity index (χ1n) is 10.2. The molecule has 0 saturated carbocycles. The predicted octanol–water partition coefficient (Wildman–Crippen LogP) is 6.86. The SMILES string of the molecule is CCCC(CCC)(c1ccc(O)cc1)c1ccc(OCc2ccccc2)cc1. The summed E-state index contributed by atoms with van der Waals surface area (Å²) in [5, 5.41) is 9.73. The van der Waals surface area contributed by atoms with Gasteiger partial charge in [0.05, 0.1) is 0 Å². The molecule has 3 aromatic carbocycles. The van der Waals surface area contributed by atoms with Gasteiger partial charge in [0.2, 0.25) is 0 Å². The molecule has 0 aromatic heterocycles. The van der Waals surface area contributed by atoms with E-state index in [4.69, 9.17) is 4.74 Å². The van der Waals surface area contributed by atoms with Crippen molar-refractivity contribution in [3.8, 4) is 11.5 Å². The molecular weight excluding hydrogens is 344 g/mol. The summed E-state index contributed by atoms with van der Waals surface area (Å²) in [5.41, 5.74) is 3.72. The monoisotopic (exact) mass is 374 g/mol. The number of ether oxygens (including phenoxy) is 1. The summed E-state index contributed by atoms with van der Waals surface area (Å²) < 4.78 is 5.97. The highest BCUT2D eigenvalue weighted by molar-refractivity contribution is 5.43. The van der Waals surface area contributed by atoms with Crippen molar-refractivity contribution in [1.29, 1.82) is 0 Å². The van der Waals surface area contributed by atoms with Crippen LogP contribution in [0.4, 0.5) is 0 Å². The zero-order valence-corrected chi connectivity index (χ0v) is 16.9. The van der Waals surface area contributed by atoms with Gasteiger partial charge in [0.1, 0.15) is 18.1 Å². The third-order valence-electron chi connectivity index (χ3n) is 5.43. The van der Waals surface area contributed by atoms with E-state index in [0.717, 1.165) is 31.4 Å². The lowest BCUT2D eigenvalue weighted by molar-refractivity contribution is 0.306. The molecule has 0 amide bonds. The second-order valence-electron chi connectivity index (χ2n) is 7.43. The standard InChI is InChI=1S/C26H30O2/c1-3-18-26(19-4-2,22-10-14-24(27)15-11-22)23-12-16-25(17-13-23)28-20-21-8-6-5-7-9-21/h5-17,27H,3-4,18-20H2,1-2H3. The van der Waals surface area contributed by atoms with E-state index in [1.807, 2.05) is 18.2 Å². The van der Waals surface area contributed by atoms with Crippen LogP contribution in [0.3, 0.4) is 0 Å². The number of aromatic hydroxyl groups is 1. The minimum absolute atomic E-state index is 0.0326. The summed E-state index contributed by atoms with van der Waals surface area (Å²) in [7, 11) is 0. The largest absolute Gasteiger partial charge is 0.508 e. The highest BCUT2D eigenvalue weighted by atomic mass is 16.5. The van der Waals surface area contributed by atoms with Crippen molar-refractivity contribution < 1.29 is 9.84 Å². The molecule has 28 heavy (non-hydrogen) atoms. The molecule has 2 nitrogen and oxygen atoms in total. The summed E-state index contributed by atoms with van der Waals surface area (Å²) in [6, 6.07) is 26.5. The van der Waals surface area contributed by atoms with E-state index < -0.39 is 0 Å². The Morgan fingerprint density at radius 2 is 1.25 bits per heavy atom. The molecule has 0 radical (unpaired) electrons. The number of phenolic OH excluding ortho intramolecular Hbond substituents is 1. The molecule has 0 atom stereocenters. The van der Waals surface area contributed by atoms with E-state index >= 15 is 0 Å². The van der Waals surface area contributed by atoms with Crippen LogP contribution in [0.5, 0.6) is 11.5 Å². The minimum Gasteiger partial charge on any atom is -0.508 e. The topological polar surface area (TPSA) is 29.5 Å². The van der Waals surface area contributed by atoms with Crippen LogP contribution < -0.4 is 4.74 Å². The summed E-state index contributed by atoms with van der Waals surface area (Å²) in [6.07, 6.45) is 4.37. The van der Waals surface area contributed by atoms with Gasteiger partial charge >= 0.3 is 0 Å². The van der Waals surface area contributed by atoms with Gasteiger partial charge in [-0.3, -0.25) is 0 Å². The lowest BCUT2D eigenvalue weighted by atomic mass is 9.68. The fourth-order valence-corrected chi connectivity index (χ4v) is 4.11. The molecule has 0 heterocycles. The van der Waals surface area contributed by atoms with Crippen LogP contribution in [0.15, 0.2) is 78.9 Å². The first-order chi connectivity index (χ1) is 13.7. The fraction of sp³-hybridized carbons (Fsp3) is 0.308. The van der Waals surface area contributed by atoms with Gasteiger partial charge in [-0.1, -0.05) is 81.3 Å². The molecule has 146 valence electrons. The van der Waals surface area contributed by atoms with E-state index in [9.17, 15) is 5.11 Å². The second kappa shape index (κ2) is 9.45. The van der Waals surface area contributed by atoms with E-state index in [0.29, 0.717) is 12.4 Å². The van der Waals surface area contributed by atoms with E-state index in [2.05, 4.69) is 62.4 Å². The van der Waals surface area contributed by atoms with Crippen LogP contribution in [0.25, 0.3) is 0 Å². The van der Waals surface area contributed by atoms with Crippen molar-refractivity contribution in [1.82, 2.24) is 0 Å². The molecule has 0 bridgehead atoms. The normalized spacial score (nSPS) is 11.4. The van der Waals surface area contributed by atoms with E-state index in [1.165, 1.54) is 16.7 Å².